The van der Waals surface area contributed by atoms with Crippen molar-refractivity contribution in [3.63, 3.8) is 0 Å². The van der Waals surface area contributed by atoms with E-state index in [0.29, 0.717) is 57.6 Å². The smallest absolute Gasteiger partial charge is 0.352 e. The number of aryl methyl sites for hydroxylation is 3. The van der Waals surface area contributed by atoms with Gasteiger partial charge < -0.3 is 23.9 Å². The molecule has 1 aliphatic heterocycles. The molecule has 0 atom stereocenters. The van der Waals surface area contributed by atoms with Gasteiger partial charge in [0.2, 0.25) is 0 Å². The van der Waals surface area contributed by atoms with E-state index >= 15 is 0 Å². The van der Waals surface area contributed by atoms with Crippen LogP contribution in [0.4, 0.5) is 0 Å². The molecule has 1 aliphatic carbocycles. The molecule has 0 unspecified atom stereocenters. The van der Waals surface area contributed by atoms with Crippen molar-refractivity contribution in [3.05, 3.63) is 83.3 Å². The van der Waals surface area contributed by atoms with E-state index in [-0.39, 0.29) is 0 Å². The van der Waals surface area contributed by atoms with Gasteiger partial charge in [0, 0.05) is 42.1 Å². The SMILES string of the molecule is Cn1nc(COC2CC2)c2c1COCCCCn1c(C(=O)O)c(CCCOc3cccc4ccccc34)c3cccc-2c31. The molecule has 8 heteroatoms. The van der Waals surface area contributed by atoms with Crippen LogP contribution in [-0.2, 0) is 42.7 Å². The van der Waals surface area contributed by atoms with Gasteiger partial charge in [0.25, 0.3) is 0 Å². The predicted molar refractivity (Wildman–Crippen MR) is 166 cm³/mol. The van der Waals surface area contributed by atoms with Crippen LogP contribution in [0.25, 0.3) is 32.8 Å². The van der Waals surface area contributed by atoms with E-state index in [9.17, 15) is 9.90 Å². The first-order valence-electron chi connectivity index (χ1n) is 15.3. The fourth-order valence-electron chi connectivity index (χ4n) is 6.43. The Hall–Kier alpha value is -4.14. The van der Waals surface area contributed by atoms with Crippen molar-refractivity contribution < 1.29 is 24.1 Å². The number of ether oxygens (including phenoxy) is 3. The molecule has 0 saturated heterocycles. The third-order valence-electron chi connectivity index (χ3n) is 8.61. The molecule has 5 aromatic rings. The molecule has 0 radical (unpaired) electrons. The summed E-state index contributed by atoms with van der Waals surface area (Å²) in [5.74, 6) is -0.0510. The molecule has 0 amide bonds. The molecule has 1 N–H and O–H groups in total. The van der Waals surface area contributed by atoms with E-state index in [0.717, 1.165) is 81.2 Å². The second-order valence-corrected chi connectivity index (χ2v) is 11.6. The van der Waals surface area contributed by atoms with Crippen molar-refractivity contribution in [2.45, 2.75) is 64.4 Å². The lowest BCUT2D eigenvalue weighted by molar-refractivity contribution is 0.0683. The molecule has 3 aromatic carbocycles. The van der Waals surface area contributed by atoms with Gasteiger partial charge in [-0.1, -0.05) is 54.6 Å². The number of benzene rings is 3. The summed E-state index contributed by atoms with van der Waals surface area (Å²) in [5.41, 5.74) is 6.02. The molecule has 222 valence electrons. The number of nitrogens with zero attached hydrogens (tertiary/aromatic N) is 3. The van der Waals surface area contributed by atoms with Crippen molar-refractivity contribution in [1.82, 2.24) is 14.3 Å². The van der Waals surface area contributed by atoms with Gasteiger partial charge in [0.05, 0.1) is 42.8 Å². The predicted octanol–water partition coefficient (Wildman–Crippen LogP) is 6.89. The summed E-state index contributed by atoms with van der Waals surface area (Å²) < 4.78 is 22.4. The van der Waals surface area contributed by atoms with Crippen molar-refractivity contribution >= 4 is 27.6 Å². The third-order valence-corrected chi connectivity index (χ3v) is 8.61. The van der Waals surface area contributed by atoms with Crippen molar-refractivity contribution in [2.75, 3.05) is 13.2 Å². The minimum atomic E-state index is -0.901. The van der Waals surface area contributed by atoms with Crippen LogP contribution in [0.2, 0.25) is 0 Å². The number of aromatic carboxylic acids is 1. The zero-order valence-electron chi connectivity index (χ0n) is 24.6. The zero-order chi connectivity index (χ0) is 29.3. The second-order valence-electron chi connectivity index (χ2n) is 11.6. The van der Waals surface area contributed by atoms with E-state index in [4.69, 9.17) is 19.3 Å². The molecular weight excluding hydrogens is 542 g/mol. The average Bonchev–Trinajstić information content (AvgIpc) is 3.72. The van der Waals surface area contributed by atoms with Crippen LogP contribution in [0.5, 0.6) is 5.75 Å². The second kappa shape index (κ2) is 11.9. The summed E-state index contributed by atoms with van der Waals surface area (Å²) in [4.78, 5) is 12.9. The monoisotopic (exact) mass is 579 g/mol. The first-order chi connectivity index (χ1) is 21.1. The van der Waals surface area contributed by atoms with Gasteiger partial charge in [-0.3, -0.25) is 4.68 Å². The normalized spacial score (nSPS) is 15.4. The Balaban J connectivity index is 1.27. The van der Waals surface area contributed by atoms with Crippen LogP contribution >= 0.6 is 0 Å². The van der Waals surface area contributed by atoms with Crippen LogP contribution in [0.15, 0.2) is 60.7 Å². The highest BCUT2D eigenvalue weighted by Crippen LogP contribution is 2.40. The Kier molecular flexibility index (Phi) is 7.63. The molecule has 3 heterocycles. The topological polar surface area (TPSA) is 87.7 Å². The number of rotatable bonds is 9. The van der Waals surface area contributed by atoms with Gasteiger partial charge in [-0.2, -0.15) is 5.10 Å². The van der Waals surface area contributed by atoms with Crippen LogP contribution in [0.3, 0.4) is 0 Å². The summed E-state index contributed by atoms with van der Waals surface area (Å²) in [5, 5.41) is 18.6. The minimum absolute atomic E-state index is 0.303. The molecule has 0 bridgehead atoms. The van der Waals surface area contributed by atoms with Gasteiger partial charge in [-0.05, 0) is 55.5 Å². The van der Waals surface area contributed by atoms with Crippen LogP contribution < -0.4 is 4.74 Å². The number of carboxylic acid groups (broad SMARTS) is 1. The zero-order valence-corrected chi connectivity index (χ0v) is 24.6. The van der Waals surface area contributed by atoms with Crippen molar-refractivity contribution in [1.29, 1.82) is 0 Å². The standard InChI is InChI=1S/C35H37N3O5/c1-37-30-22-41-19-5-4-18-38-33-26(12-7-13-28(33)32(30)29(36-37)21-43-24-16-17-24)27(34(38)35(39)40)14-8-20-42-31-15-6-10-23-9-2-3-11-25(23)31/h2-3,6-7,9-13,15,24H,4-5,8,14,16-22H2,1H3,(H,39,40). The number of fused-ring (bicyclic) bond motifs is 3. The molecule has 8 nitrogen and oxygen atoms in total. The summed E-state index contributed by atoms with van der Waals surface area (Å²) >= 11 is 0. The van der Waals surface area contributed by atoms with E-state index in [1.165, 1.54) is 0 Å². The Labute approximate surface area is 250 Å². The molecule has 1 fully saturated rings. The fourth-order valence-corrected chi connectivity index (χ4v) is 6.43. The Morgan fingerprint density at radius 1 is 1.05 bits per heavy atom. The van der Waals surface area contributed by atoms with Crippen molar-refractivity contribution in [2.24, 2.45) is 7.05 Å². The van der Waals surface area contributed by atoms with Gasteiger partial charge in [0.1, 0.15) is 11.4 Å². The summed E-state index contributed by atoms with van der Waals surface area (Å²) in [6, 6.07) is 20.5. The molecule has 43 heavy (non-hydrogen) atoms. The van der Waals surface area contributed by atoms with Crippen LogP contribution in [0.1, 0.15) is 59.5 Å². The highest BCUT2D eigenvalue weighted by molar-refractivity contribution is 6.04. The van der Waals surface area contributed by atoms with Gasteiger partial charge in [-0.25, -0.2) is 4.79 Å². The Morgan fingerprint density at radius 2 is 1.86 bits per heavy atom. The van der Waals surface area contributed by atoms with E-state index in [1.807, 2.05) is 46.6 Å². The summed E-state index contributed by atoms with van der Waals surface area (Å²) in [6.45, 7) is 2.58. The maximum absolute atomic E-state index is 12.9. The maximum atomic E-state index is 12.9. The van der Waals surface area contributed by atoms with E-state index in [2.05, 4.69) is 30.3 Å². The van der Waals surface area contributed by atoms with Crippen LogP contribution in [-0.4, -0.2) is 44.7 Å². The number of aromatic nitrogens is 3. The highest BCUT2D eigenvalue weighted by atomic mass is 16.5. The number of hydrogen-bond donors (Lipinski definition) is 1. The fraction of sp³-hybridized carbons (Fsp3) is 0.371. The lowest BCUT2D eigenvalue weighted by atomic mass is 9.98. The molecule has 2 aromatic heterocycles. The van der Waals surface area contributed by atoms with E-state index < -0.39 is 5.97 Å². The summed E-state index contributed by atoms with van der Waals surface area (Å²) in [7, 11) is 1.95. The molecule has 1 saturated carbocycles. The molecular formula is C35H37N3O5. The first-order valence-corrected chi connectivity index (χ1v) is 15.3. The maximum Gasteiger partial charge on any atom is 0.352 e. The number of carbonyl (C=O) groups is 1. The van der Waals surface area contributed by atoms with Gasteiger partial charge in [-0.15, -0.1) is 0 Å². The number of hydrogen-bond acceptors (Lipinski definition) is 5. The Morgan fingerprint density at radius 3 is 2.72 bits per heavy atom. The quantitative estimate of drug-likeness (QED) is 0.191. The number of para-hydroxylation sites is 1. The third kappa shape index (κ3) is 5.41. The highest BCUT2D eigenvalue weighted by Gasteiger charge is 2.29. The van der Waals surface area contributed by atoms with E-state index in [1.54, 1.807) is 0 Å². The molecule has 7 rings (SSSR count). The summed E-state index contributed by atoms with van der Waals surface area (Å²) in [6.07, 6.45) is 5.45. The number of carboxylic acids is 1. The largest absolute Gasteiger partial charge is 0.493 e. The lowest BCUT2D eigenvalue weighted by Gasteiger charge is -2.12. The Bertz CT molecular complexity index is 1790. The molecule has 2 aliphatic rings. The lowest BCUT2D eigenvalue weighted by Crippen LogP contribution is -2.12. The van der Waals surface area contributed by atoms with Gasteiger partial charge in [0.15, 0.2) is 0 Å². The molecule has 0 spiro atoms. The average molecular weight is 580 g/mol. The van der Waals surface area contributed by atoms with Crippen LogP contribution in [0, 0.1) is 0 Å². The van der Waals surface area contributed by atoms with Crippen molar-refractivity contribution in [3.8, 4) is 16.9 Å². The first kappa shape index (κ1) is 27.7. The minimum Gasteiger partial charge on any atom is -0.493 e. The van der Waals surface area contributed by atoms with Gasteiger partial charge >= 0.3 is 5.97 Å².